The van der Waals surface area contributed by atoms with Gasteiger partial charge in [-0.1, -0.05) is 48.4 Å². The quantitative estimate of drug-likeness (QED) is 0.756. The number of ether oxygens (including phenoxy) is 1. The van der Waals surface area contributed by atoms with Crippen LogP contribution >= 0.6 is 11.6 Å². The van der Waals surface area contributed by atoms with Crippen molar-refractivity contribution in [1.82, 2.24) is 4.90 Å². The highest BCUT2D eigenvalue weighted by molar-refractivity contribution is 6.36. The fourth-order valence-corrected chi connectivity index (χ4v) is 3.25. The Balaban J connectivity index is 2.05. The number of rotatable bonds is 6. The third kappa shape index (κ3) is 3.69. The van der Waals surface area contributed by atoms with Crippen molar-refractivity contribution in [2.45, 2.75) is 20.3 Å². The molecular formula is C21H21ClN2O3. The summed E-state index contributed by atoms with van der Waals surface area (Å²) >= 11 is 6.19. The molecule has 0 bridgehead atoms. The zero-order valence-corrected chi connectivity index (χ0v) is 16.3. The average Bonchev–Trinajstić information content (AvgIpc) is 2.87. The standard InChI is InChI=1S/C21H21ClN2O3/c1-4-11-24-20(25)18(14-7-5-13(2)6-8-14)19(21(24)26)23-15-9-10-17(27-3)16(22)12-15/h5-10,12,23H,4,11H2,1-3H3. The van der Waals surface area contributed by atoms with Gasteiger partial charge in [-0.15, -0.1) is 0 Å². The van der Waals surface area contributed by atoms with Crippen molar-refractivity contribution in [3.63, 3.8) is 0 Å². The summed E-state index contributed by atoms with van der Waals surface area (Å²) in [5, 5.41) is 3.51. The molecule has 0 unspecified atom stereocenters. The molecule has 5 nitrogen and oxygen atoms in total. The van der Waals surface area contributed by atoms with E-state index < -0.39 is 0 Å². The molecule has 1 aliphatic rings. The summed E-state index contributed by atoms with van der Waals surface area (Å²) < 4.78 is 5.16. The lowest BCUT2D eigenvalue weighted by Crippen LogP contribution is -2.33. The molecular weight excluding hydrogens is 364 g/mol. The Morgan fingerprint density at radius 2 is 1.78 bits per heavy atom. The number of nitrogens with one attached hydrogen (secondary N) is 1. The third-order valence-electron chi connectivity index (χ3n) is 4.38. The Kier molecular flexibility index (Phi) is 5.51. The molecule has 2 aromatic rings. The van der Waals surface area contributed by atoms with Crippen molar-refractivity contribution in [2.24, 2.45) is 0 Å². The first-order chi connectivity index (χ1) is 13.0. The summed E-state index contributed by atoms with van der Waals surface area (Å²) in [7, 11) is 1.54. The summed E-state index contributed by atoms with van der Waals surface area (Å²) in [5.74, 6) is -0.0754. The second-order valence-electron chi connectivity index (χ2n) is 6.35. The molecule has 6 heteroatoms. The van der Waals surface area contributed by atoms with Gasteiger partial charge in [0, 0.05) is 12.2 Å². The first-order valence-corrected chi connectivity index (χ1v) is 9.12. The molecule has 0 saturated heterocycles. The van der Waals surface area contributed by atoms with Gasteiger partial charge in [-0.05, 0) is 37.1 Å². The molecule has 2 aromatic carbocycles. The lowest BCUT2D eigenvalue weighted by Gasteiger charge is -2.14. The third-order valence-corrected chi connectivity index (χ3v) is 4.67. The smallest absolute Gasteiger partial charge is 0.278 e. The van der Waals surface area contributed by atoms with E-state index in [9.17, 15) is 9.59 Å². The fourth-order valence-electron chi connectivity index (χ4n) is 3.00. The highest BCUT2D eigenvalue weighted by Gasteiger charge is 2.38. The van der Waals surface area contributed by atoms with Crippen LogP contribution in [0.3, 0.4) is 0 Å². The van der Waals surface area contributed by atoms with Crippen LogP contribution in [0.25, 0.3) is 5.57 Å². The number of halogens is 1. The zero-order valence-electron chi connectivity index (χ0n) is 15.5. The molecule has 1 aliphatic heterocycles. The van der Waals surface area contributed by atoms with Crippen LogP contribution in [-0.4, -0.2) is 30.4 Å². The summed E-state index contributed by atoms with van der Waals surface area (Å²) in [5.41, 5.74) is 3.04. The number of carbonyl (C=O) groups is 2. The minimum absolute atomic E-state index is 0.263. The Bertz CT molecular complexity index is 920. The molecule has 2 amide bonds. The molecule has 140 valence electrons. The van der Waals surface area contributed by atoms with Gasteiger partial charge >= 0.3 is 0 Å². The molecule has 0 fully saturated rings. The van der Waals surface area contributed by atoms with Gasteiger partial charge in [0.25, 0.3) is 11.8 Å². The second-order valence-corrected chi connectivity index (χ2v) is 6.76. The van der Waals surface area contributed by atoms with Gasteiger partial charge in [0.2, 0.25) is 0 Å². The van der Waals surface area contributed by atoms with E-state index in [4.69, 9.17) is 16.3 Å². The molecule has 0 atom stereocenters. The van der Waals surface area contributed by atoms with Crippen molar-refractivity contribution in [2.75, 3.05) is 19.0 Å². The molecule has 3 rings (SSSR count). The number of nitrogens with zero attached hydrogens (tertiary/aromatic N) is 1. The van der Waals surface area contributed by atoms with Crippen molar-refractivity contribution in [3.8, 4) is 5.75 Å². The molecule has 1 heterocycles. The summed E-state index contributed by atoms with van der Waals surface area (Å²) in [6.45, 7) is 4.28. The van der Waals surface area contributed by atoms with E-state index >= 15 is 0 Å². The number of aryl methyl sites for hydroxylation is 1. The highest BCUT2D eigenvalue weighted by atomic mass is 35.5. The minimum atomic E-state index is -0.329. The van der Waals surface area contributed by atoms with Gasteiger partial charge in [0.1, 0.15) is 11.4 Å². The number of hydrogen-bond donors (Lipinski definition) is 1. The number of amides is 2. The predicted molar refractivity (Wildman–Crippen MR) is 107 cm³/mol. The fraction of sp³-hybridized carbons (Fsp3) is 0.238. The maximum absolute atomic E-state index is 12.9. The van der Waals surface area contributed by atoms with Crippen LogP contribution in [0.15, 0.2) is 48.2 Å². The van der Waals surface area contributed by atoms with E-state index in [2.05, 4.69) is 5.32 Å². The Morgan fingerprint density at radius 3 is 2.37 bits per heavy atom. The Hall–Kier alpha value is -2.79. The van der Waals surface area contributed by atoms with Crippen molar-refractivity contribution in [3.05, 3.63) is 64.3 Å². The summed E-state index contributed by atoms with van der Waals surface area (Å²) in [6, 6.07) is 12.7. The van der Waals surface area contributed by atoms with Crippen LogP contribution in [0.1, 0.15) is 24.5 Å². The molecule has 0 saturated carbocycles. The first kappa shape index (κ1) is 19.0. The molecule has 0 spiro atoms. The maximum atomic E-state index is 12.9. The van der Waals surface area contributed by atoms with Crippen LogP contribution in [-0.2, 0) is 9.59 Å². The van der Waals surface area contributed by atoms with Gasteiger partial charge in [0.05, 0.1) is 17.7 Å². The van der Waals surface area contributed by atoms with Gasteiger partial charge in [-0.3, -0.25) is 14.5 Å². The van der Waals surface area contributed by atoms with E-state index in [1.54, 1.807) is 18.2 Å². The average molecular weight is 385 g/mol. The van der Waals surface area contributed by atoms with Crippen molar-refractivity contribution >= 4 is 34.7 Å². The maximum Gasteiger partial charge on any atom is 0.278 e. The SMILES string of the molecule is CCCN1C(=O)C(Nc2ccc(OC)c(Cl)c2)=C(c2ccc(C)cc2)C1=O. The van der Waals surface area contributed by atoms with Crippen molar-refractivity contribution < 1.29 is 14.3 Å². The van der Waals surface area contributed by atoms with Crippen LogP contribution in [0.5, 0.6) is 5.75 Å². The number of hydrogen-bond acceptors (Lipinski definition) is 4. The van der Waals surface area contributed by atoms with Crippen molar-refractivity contribution in [1.29, 1.82) is 0 Å². The number of benzene rings is 2. The van der Waals surface area contributed by atoms with Crippen LogP contribution in [0.2, 0.25) is 5.02 Å². The van der Waals surface area contributed by atoms with Crippen LogP contribution < -0.4 is 10.1 Å². The molecule has 27 heavy (non-hydrogen) atoms. The Labute approximate surface area is 163 Å². The van der Waals surface area contributed by atoms with E-state index in [1.165, 1.54) is 12.0 Å². The predicted octanol–water partition coefficient (Wildman–Crippen LogP) is 4.26. The van der Waals surface area contributed by atoms with Gasteiger partial charge in [-0.25, -0.2) is 0 Å². The number of methoxy groups -OCH3 is 1. The van der Waals surface area contributed by atoms with E-state index in [-0.39, 0.29) is 17.5 Å². The van der Waals surface area contributed by atoms with Gasteiger partial charge < -0.3 is 10.1 Å². The number of imide groups is 1. The van der Waals surface area contributed by atoms with Gasteiger partial charge in [-0.2, -0.15) is 0 Å². The minimum Gasteiger partial charge on any atom is -0.495 e. The number of anilines is 1. The molecule has 1 N–H and O–H groups in total. The molecule has 0 radical (unpaired) electrons. The molecule has 0 aliphatic carbocycles. The largest absolute Gasteiger partial charge is 0.495 e. The van der Waals surface area contributed by atoms with Crippen LogP contribution in [0, 0.1) is 6.92 Å². The lowest BCUT2D eigenvalue weighted by atomic mass is 10.0. The second kappa shape index (κ2) is 7.84. The summed E-state index contributed by atoms with van der Waals surface area (Å²) in [4.78, 5) is 27.1. The van der Waals surface area contributed by atoms with E-state index in [0.29, 0.717) is 40.6 Å². The van der Waals surface area contributed by atoms with E-state index in [0.717, 1.165) is 5.56 Å². The van der Waals surface area contributed by atoms with Gasteiger partial charge in [0.15, 0.2) is 0 Å². The van der Waals surface area contributed by atoms with Crippen LogP contribution in [0.4, 0.5) is 5.69 Å². The monoisotopic (exact) mass is 384 g/mol. The number of carbonyl (C=O) groups excluding carboxylic acids is 2. The Morgan fingerprint density at radius 1 is 1.07 bits per heavy atom. The summed E-state index contributed by atoms with van der Waals surface area (Å²) in [6.07, 6.45) is 0.695. The molecule has 0 aromatic heterocycles. The highest BCUT2D eigenvalue weighted by Crippen LogP contribution is 2.33. The van der Waals surface area contributed by atoms with E-state index in [1.807, 2.05) is 38.1 Å². The zero-order chi connectivity index (χ0) is 19.6. The lowest BCUT2D eigenvalue weighted by molar-refractivity contribution is -0.136. The topological polar surface area (TPSA) is 58.6 Å². The normalized spacial score (nSPS) is 14.1. The first-order valence-electron chi connectivity index (χ1n) is 8.74.